The van der Waals surface area contributed by atoms with Gasteiger partial charge in [0.1, 0.15) is 5.82 Å². The molecule has 118 valence electrons. The normalized spacial score (nSPS) is 16.2. The maximum Gasteiger partial charge on any atom is 0.223 e. The van der Waals surface area contributed by atoms with E-state index in [1.54, 1.807) is 6.20 Å². The summed E-state index contributed by atoms with van der Waals surface area (Å²) in [6.07, 6.45) is 7.53. The van der Waals surface area contributed by atoms with Gasteiger partial charge in [0.05, 0.1) is 6.54 Å². The molecule has 1 fully saturated rings. The van der Waals surface area contributed by atoms with Gasteiger partial charge in [0.25, 0.3) is 0 Å². The molecule has 1 heterocycles. The van der Waals surface area contributed by atoms with Crippen LogP contribution in [0.3, 0.4) is 0 Å². The number of carbonyl (C=O) groups is 1. The first-order valence-corrected chi connectivity index (χ1v) is 7.97. The van der Waals surface area contributed by atoms with Crippen LogP contribution in [0.4, 0.5) is 0 Å². The van der Waals surface area contributed by atoms with Gasteiger partial charge in [-0.1, -0.05) is 13.8 Å². The zero-order valence-corrected chi connectivity index (χ0v) is 13.5. The molecule has 5 nitrogen and oxygen atoms in total. The summed E-state index contributed by atoms with van der Waals surface area (Å²) in [6.45, 7) is 5.57. The molecular weight excluding hydrogens is 264 g/mol. The number of carbonyl (C=O) groups excluding carboxylic acids is 1. The Morgan fingerprint density at radius 2 is 2.24 bits per heavy atom. The second kappa shape index (κ2) is 7.07. The number of aromatic nitrogens is 2. The highest BCUT2D eigenvalue weighted by Crippen LogP contribution is 2.29. The lowest BCUT2D eigenvalue weighted by Crippen LogP contribution is -2.36. The Labute approximate surface area is 127 Å². The smallest absolute Gasteiger partial charge is 0.223 e. The maximum absolute atomic E-state index is 12.6. The van der Waals surface area contributed by atoms with Gasteiger partial charge in [0, 0.05) is 31.9 Å². The molecular formula is C16H28N4O. The van der Waals surface area contributed by atoms with E-state index in [2.05, 4.69) is 18.8 Å². The van der Waals surface area contributed by atoms with Crippen LogP contribution in [-0.4, -0.2) is 32.9 Å². The van der Waals surface area contributed by atoms with Crippen molar-refractivity contribution in [3.63, 3.8) is 0 Å². The van der Waals surface area contributed by atoms with Gasteiger partial charge >= 0.3 is 0 Å². The van der Waals surface area contributed by atoms with E-state index in [4.69, 9.17) is 5.73 Å². The van der Waals surface area contributed by atoms with E-state index in [-0.39, 0.29) is 5.91 Å². The van der Waals surface area contributed by atoms with Crippen molar-refractivity contribution in [1.82, 2.24) is 14.5 Å². The monoisotopic (exact) mass is 292 g/mol. The first-order valence-electron chi connectivity index (χ1n) is 7.97. The first kappa shape index (κ1) is 16.0. The highest BCUT2D eigenvalue weighted by molar-refractivity contribution is 5.77. The molecule has 0 aliphatic heterocycles. The zero-order chi connectivity index (χ0) is 15.4. The Kier molecular flexibility index (Phi) is 5.39. The van der Waals surface area contributed by atoms with Crippen LogP contribution in [0.25, 0.3) is 0 Å². The van der Waals surface area contributed by atoms with Crippen LogP contribution in [0.5, 0.6) is 0 Å². The van der Waals surface area contributed by atoms with Gasteiger partial charge in [-0.05, 0) is 37.6 Å². The van der Waals surface area contributed by atoms with E-state index in [9.17, 15) is 4.79 Å². The average molecular weight is 292 g/mol. The third-order valence-electron chi connectivity index (χ3n) is 4.14. The summed E-state index contributed by atoms with van der Waals surface area (Å²) >= 11 is 0. The van der Waals surface area contributed by atoms with Crippen molar-refractivity contribution in [3.8, 4) is 0 Å². The lowest BCUT2D eigenvalue weighted by molar-refractivity contribution is -0.133. The molecule has 1 aliphatic rings. The molecule has 1 atom stereocenters. The number of imidazole rings is 1. The van der Waals surface area contributed by atoms with Crippen molar-refractivity contribution in [2.75, 3.05) is 6.54 Å². The fraction of sp³-hybridized carbons (Fsp3) is 0.750. The summed E-state index contributed by atoms with van der Waals surface area (Å²) < 4.78 is 1.98. The summed E-state index contributed by atoms with van der Waals surface area (Å²) in [7, 11) is 1.97. The number of rotatable bonds is 8. The predicted molar refractivity (Wildman–Crippen MR) is 83.4 cm³/mol. The van der Waals surface area contributed by atoms with Crippen LogP contribution in [0.2, 0.25) is 0 Å². The number of hydrogen-bond acceptors (Lipinski definition) is 3. The third kappa shape index (κ3) is 4.56. The molecule has 0 spiro atoms. The number of amides is 1. The van der Waals surface area contributed by atoms with Gasteiger partial charge in [-0.3, -0.25) is 4.79 Å². The molecule has 2 N–H and O–H groups in total. The molecule has 0 aromatic carbocycles. The largest absolute Gasteiger partial charge is 0.337 e. The fourth-order valence-corrected chi connectivity index (χ4v) is 2.80. The fourth-order valence-electron chi connectivity index (χ4n) is 2.80. The Balaban J connectivity index is 1.97. The van der Waals surface area contributed by atoms with Crippen molar-refractivity contribution >= 4 is 5.91 Å². The van der Waals surface area contributed by atoms with Crippen molar-refractivity contribution in [2.24, 2.45) is 24.6 Å². The maximum atomic E-state index is 12.6. The molecule has 1 saturated carbocycles. The quantitative estimate of drug-likeness (QED) is 0.796. The van der Waals surface area contributed by atoms with Crippen LogP contribution in [0.15, 0.2) is 12.4 Å². The van der Waals surface area contributed by atoms with E-state index >= 15 is 0 Å². The molecule has 1 aromatic heterocycles. The van der Waals surface area contributed by atoms with Gasteiger partial charge in [-0.15, -0.1) is 0 Å². The van der Waals surface area contributed by atoms with E-state index in [0.29, 0.717) is 37.4 Å². The van der Waals surface area contributed by atoms with E-state index in [1.165, 1.54) is 0 Å². The summed E-state index contributed by atoms with van der Waals surface area (Å²) in [5, 5.41) is 0. The van der Waals surface area contributed by atoms with Crippen molar-refractivity contribution in [1.29, 1.82) is 0 Å². The van der Waals surface area contributed by atoms with Gasteiger partial charge in [0.15, 0.2) is 0 Å². The second-order valence-corrected chi connectivity index (χ2v) is 6.64. The zero-order valence-electron chi connectivity index (χ0n) is 13.5. The van der Waals surface area contributed by atoms with Crippen molar-refractivity contribution in [3.05, 3.63) is 18.2 Å². The van der Waals surface area contributed by atoms with Gasteiger partial charge < -0.3 is 15.2 Å². The van der Waals surface area contributed by atoms with Crippen molar-refractivity contribution in [2.45, 2.75) is 52.1 Å². The molecule has 0 radical (unpaired) electrons. The van der Waals surface area contributed by atoms with Crippen LogP contribution in [0, 0.1) is 11.8 Å². The van der Waals surface area contributed by atoms with Crippen LogP contribution < -0.4 is 5.73 Å². The molecule has 5 heteroatoms. The molecule has 0 bridgehead atoms. The molecule has 1 aromatic rings. The lowest BCUT2D eigenvalue weighted by Gasteiger charge is -2.25. The standard InChI is InChI=1S/C16H28N4O/c1-12(2)8-13(10-17)9-16(21)20(14-4-5-14)11-15-18-6-7-19(15)3/h6-7,12-14H,4-5,8-11,17H2,1-3H3. The van der Waals surface area contributed by atoms with E-state index in [0.717, 1.165) is 25.1 Å². The van der Waals surface area contributed by atoms with Gasteiger partial charge in [-0.25, -0.2) is 4.98 Å². The highest BCUT2D eigenvalue weighted by atomic mass is 16.2. The SMILES string of the molecule is CC(C)CC(CN)CC(=O)N(Cc1nccn1C)C1CC1. The lowest BCUT2D eigenvalue weighted by atomic mass is 9.93. The van der Waals surface area contributed by atoms with Crippen LogP contribution in [0.1, 0.15) is 45.4 Å². The number of hydrogen-bond donors (Lipinski definition) is 1. The Morgan fingerprint density at radius 1 is 1.52 bits per heavy atom. The third-order valence-corrected chi connectivity index (χ3v) is 4.14. The van der Waals surface area contributed by atoms with Crippen LogP contribution >= 0.6 is 0 Å². The Bertz CT molecular complexity index is 465. The Hall–Kier alpha value is -1.36. The van der Waals surface area contributed by atoms with Gasteiger partial charge in [-0.2, -0.15) is 0 Å². The molecule has 21 heavy (non-hydrogen) atoms. The van der Waals surface area contributed by atoms with Gasteiger partial charge in [0.2, 0.25) is 5.91 Å². The minimum absolute atomic E-state index is 0.233. The van der Waals surface area contributed by atoms with E-state index in [1.807, 2.05) is 22.7 Å². The molecule has 2 rings (SSSR count). The summed E-state index contributed by atoms with van der Waals surface area (Å²) in [4.78, 5) is 19.0. The highest BCUT2D eigenvalue weighted by Gasteiger charge is 2.33. The first-order chi connectivity index (χ1) is 10.0. The summed E-state index contributed by atoms with van der Waals surface area (Å²) in [6, 6.07) is 0.409. The van der Waals surface area contributed by atoms with Crippen molar-refractivity contribution < 1.29 is 4.79 Å². The molecule has 1 unspecified atom stereocenters. The molecule has 1 amide bonds. The number of nitrogens with two attached hydrogens (primary N) is 1. The summed E-state index contributed by atoms with van der Waals surface area (Å²) in [5.41, 5.74) is 5.83. The van der Waals surface area contributed by atoms with E-state index < -0.39 is 0 Å². The van der Waals surface area contributed by atoms with Crippen LogP contribution in [-0.2, 0) is 18.4 Å². The average Bonchev–Trinajstić information content (AvgIpc) is 3.18. The Morgan fingerprint density at radius 3 is 2.71 bits per heavy atom. The minimum atomic E-state index is 0.233. The second-order valence-electron chi connectivity index (χ2n) is 6.64. The predicted octanol–water partition coefficient (Wildman–Crippen LogP) is 1.92. The summed E-state index contributed by atoms with van der Waals surface area (Å²) in [5.74, 6) is 2.05. The number of aryl methyl sites for hydroxylation is 1. The molecule has 1 aliphatic carbocycles. The number of nitrogens with zero attached hydrogens (tertiary/aromatic N) is 3. The minimum Gasteiger partial charge on any atom is -0.337 e. The molecule has 0 saturated heterocycles. The topological polar surface area (TPSA) is 64.2 Å².